The van der Waals surface area contributed by atoms with Crippen molar-refractivity contribution in [3.63, 3.8) is 0 Å². The van der Waals surface area contributed by atoms with E-state index in [9.17, 15) is 37.7 Å². The summed E-state index contributed by atoms with van der Waals surface area (Å²) in [6.45, 7) is -1.67. The van der Waals surface area contributed by atoms with Gasteiger partial charge in [-0.1, -0.05) is 29.3 Å². The SMILES string of the molecule is O=C(COC(=O)CNC(=O)c1ccc(Cl)c([N+](=O)[O-])c1)Nc1c(Cl)cccc1C(F)(F)F. The minimum atomic E-state index is -4.79. The molecule has 0 aliphatic heterocycles. The van der Waals surface area contributed by atoms with Crippen molar-refractivity contribution in [2.24, 2.45) is 0 Å². The largest absolute Gasteiger partial charge is 0.454 e. The molecule has 0 saturated heterocycles. The molecule has 2 rings (SSSR count). The molecule has 2 aromatic rings. The zero-order chi connectivity index (χ0) is 24.1. The summed E-state index contributed by atoms with van der Waals surface area (Å²) in [6, 6.07) is 6.11. The van der Waals surface area contributed by atoms with E-state index in [1.807, 2.05) is 5.32 Å². The van der Waals surface area contributed by atoms with Gasteiger partial charge < -0.3 is 15.4 Å². The lowest BCUT2D eigenvalue weighted by molar-refractivity contribution is -0.384. The van der Waals surface area contributed by atoms with Crippen LogP contribution in [0.5, 0.6) is 0 Å². The standard InChI is InChI=1S/C18H12Cl2F3N3O6/c19-11-5-4-9(6-13(11)26(30)31)17(29)24-7-15(28)32-8-14(27)25-16-10(18(21,22)23)2-1-3-12(16)20/h1-6H,7-8H2,(H,24,29)(H,25,27). The van der Waals surface area contributed by atoms with E-state index in [0.29, 0.717) is 6.07 Å². The maximum Gasteiger partial charge on any atom is 0.418 e. The number of anilines is 1. The summed E-state index contributed by atoms with van der Waals surface area (Å²) >= 11 is 11.3. The molecule has 9 nitrogen and oxygen atoms in total. The van der Waals surface area contributed by atoms with Crippen molar-refractivity contribution in [3.8, 4) is 0 Å². The van der Waals surface area contributed by atoms with Crippen LogP contribution in [0.4, 0.5) is 24.5 Å². The van der Waals surface area contributed by atoms with Crippen molar-refractivity contribution in [2.75, 3.05) is 18.5 Å². The van der Waals surface area contributed by atoms with E-state index in [-0.39, 0.29) is 15.6 Å². The fourth-order valence-corrected chi connectivity index (χ4v) is 2.72. The highest BCUT2D eigenvalue weighted by molar-refractivity contribution is 6.34. The molecule has 0 saturated carbocycles. The highest BCUT2D eigenvalue weighted by Gasteiger charge is 2.34. The van der Waals surface area contributed by atoms with E-state index in [1.165, 1.54) is 6.07 Å². The van der Waals surface area contributed by atoms with Crippen LogP contribution in [0.25, 0.3) is 0 Å². The number of hydrogen-bond acceptors (Lipinski definition) is 6. The normalized spacial score (nSPS) is 10.9. The first-order chi connectivity index (χ1) is 14.9. The molecule has 2 N–H and O–H groups in total. The van der Waals surface area contributed by atoms with Gasteiger partial charge in [0.2, 0.25) is 0 Å². The van der Waals surface area contributed by atoms with Crippen LogP contribution in [-0.4, -0.2) is 35.9 Å². The number of benzene rings is 2. The van der Waals surface area contributed by atoms with Crippen LogP contribution in [0, 0.1) is 10.1 Å². The lowest BCUT2D eigenvalue weighted by Gasteiger charge is -2.15. The molecule has 2 amide bonds. The highest BCUT2D eigenvalue weighted by Crippen LogP contribution is 2.38. The van der Waals surface area contributed by atoms with Crippen LogP contribution in [0.15, 0.2) is 36.4 Å². The Morgan fingerprint density at radius 3 is 2.41 bits per heavy atom. The number of ether oxygens (including phenoxy) is 1. The number of para-hydroxylation sites is 1. The molecule has 0 spiro atoms. The summed E-state index contributed by atoms with van der Waals surface area (Å²) in [5.41, 5.74) is -2.56. The van der Waals surface area contributed by atoms with Gasteiger partial charge in [0.05, 0.1) is 21.2 Å². The molecule has 0 atom stereocenters. The van der Waals surface area contributed by atoms with Gasteiger partial charge >= 0.3 is 12.1 Å². The molecule has 0 aromatic heterocycles. The first kappa shape index (κ1) is 24.9. The van der Waals surface area contributed by atoms with Crippen LogP contribution >= 0.6 is 23.2 Å². The number of amides is 2. The van der Waals surface area contributed by atoms with Gasteiger partial charge in [-0.25, -0.2) is 0 Å². The average molecular weight is 494 g/mol. The van der Waals surface area contributed by atoms with Crippen LogP contribution in [-0.2, 0) is 20.5 Å². The van der Waals surface area contributed by atoms with Crippen molar-refractivity contribution >= 4 is 52.4 Å². The van der Waals surface area contributed by atoms with Crippen molar-refractivity contribution in [1.29, 1.82) is 0 Å². The zero-order valence-corrected chi connectivity index (χ0v) is 17.2. The quantitative estimate of drug-likeness (QED) is 0.342. The number of carbonyl (C=O) groups excluding carboxylic acids is 3. The molecular weight excluding hydrogens is 482 g/mol. The maximum atomic E-state index is 13.0. The second-order valence-corrected chi connectivity index (χ2v) is 6.79. The molecule has 170 valence electrons. The van der Waals surface area contributed by atoms with Crippen molar-refractivity contribution in [1.82, 2.24) is 5.32 Å². The summed E-state index contributed by atoms with van der Waals surface area (Å²) < 4.78 is 43.6. The van der Waals surface area contributed by atoms with E-state index in [2.05, 4.69) is 10.1 Å². The number of alkyl halides is 3. The number of nitrogens with one attached hydrogen (secondary N) is 2. The van der Waals surface area contributed by atoms with E-state index in [0.717, 1.165) is 24.3 Å². The van der Waals surface area contributed by atoms with Gasteiger partial charge in [0, 0.05) is 11.6 Å². The summed E-state index contributed by atoms with van der Waals surface area (Å²) in [7, 11) is 0. The fourth-order valence-electron chi connectivity index (χ4n) is 2.31. The lowest BCUT2D eigenvalue weighted by Crippen LogP contribution is -2.32. The first-order valence-corrected chi connectivity index (χ1v) is 9.19. The Bertz CT molecular complexity index is 1080. The fraction of sp³-hybridized carbons (Fsp3) is 0.167. The Hall–Kier alpha value is -3.38. The molecule has 0 bridgehead atoms. The summed E-state index contributed by atoms with van der Waals surface area (Å²) in [4.78, 5) is 45.6. The summed E-state index contributed by atoms with van der Waals surface area (Å²) in [5.74, 6) is -3.05. The number of nitro groups is 1. The number of esters is 1. The van der Waals surface area contributed by atoms with E-state index in [4.69, 9.17) is 23.2 Å². The minimum absolute atomic E-state index is 0.162. The summed E-state index contributed by atoms with van der Waals surface area (Å²) in [6.07, 6.45) is -4.79. The summed E-state index contributed by atoms with van der Waals surface area (Å²) in [5, 5.41) is 14.3. The lowest BCUT2D eigenvalue weighted by atomic mass is 10.1. The molecule has 0 heterocycles. The molecular formula is C18H12Cl2F3N3O6. The third kappa shape index (κ3) is 6.56. The third-order valence-electron chi connectivity index (χ3n) is 3.75. The van der Waals surface area contributed by atoms with Gasteiger partial charge in [-0.3, -0.25) is 24.5 Å². The Morgan fingerprint density at radius 2 is 1.78 bits per heavy atom. The number of halogens is 5. The minimum Gasteiger partial charge on any atom is -0.454 e. The molecule has 14 heteroatoms. The van der Waals surface area contributed by atoms with Crippen LogP contribution in [0.3, 0.4) is 0 Å². The van der Waals surface area contributed by atoms with Gasteiger partial charge in [-0.15, -0.1) is 0 Å². The highest BCUT2D eigenvalue weighted by atomic mass is 35.5. The number of hydrogen-bond donors (Lipinski definition) is 2. The van der Waals surface area contributed by atoms with Crippen molar-refractivity contribution in [2.45, 2.75) is 6.18 Å². The number of nitrogens with zero attached hydrogens (tertiary/aromatic N) is 1. The second-order valence-electron chi connectivity index (χ2n) is 5.97. The van der Waals surface area contributed by atoms with E-state index < -0.39 is 59.0 Å². The molecule has 0 aliphatic carbocycles. The number of rotatable bonds is 7. The molecule has 0 aliphatic rings. The smallest absolute Gasteiger partial charge is 0.418 e. The van der Waals surface area contributed by atoms with Crippen LogP contribution in [0.2, 0.25) is 10.0 Å². The van der Waals surface area contributed by atoms with Gasteiger partial charge in [-0.2, -0.15) is 13.2 Å². The maximum absolute atomic E-state index is 13.0. The van der Waals surface area contributed by atoms with Gasteiger partial charge in [0.1, 0.15) is 11.6 Å². The predicted octanol–water partition coefficient (Wildman–Crippen LogP) is 3.83. The van der Waals surface area contributed by atoms with Gasteiger partial charge in [-0.05, 0) is 24.3 Å². The Balaban J connectivity index is 1.90. The van der Waals surface area contributed by atoms with Gasteiger partial charge in [0.25, 0.3) is 17.5 Å². The van der Waals surface area contributed by atoms with Crippen molar-refractivity contribution in [3.05, 3.63) is 67.7 Å². The van der Waals surface area contributed by atoms with Crippen LogP contribution in [0.1, 0.15) is 15.9 Å². The molecule has 0 unspecified atom stereocenters. The molecule has 32 heavy (non-hydrogen) atoms. The van der Waals surface area contributed by atoms with Crippen LogP contribution < -0.4 is 10.6 Å². The molecule has 0 radical (unpaired) electrons. The Morgan fingerprint density at radius 1 is 1.09 bits per heavy atom. The predicted molar refractivity (Wildman–Crippen MR) is 106 cm³/mol. The van der Waals surface area contributed by atoms with Crippen molar-refractivity contribution < 1.29 is 37.2 Å². The Kier molecular flexibility index (Phi) is 8.00. The van der Waals surface area contributed by atoms with Gasteiger partial charge in [0.15, 0.2) is 6.61 Å². The second kappa shape index (κ2) is 10.3. The molecule has 2 aromatic carbocycles. The number of nitro benzene ring substituents is 1. The molecule has 0 fully saturated rings. The Labute approximate surface area is 187 Å². The first-order valence-electron chi connectivity index (χ1n) is 8.43. The van der Waals surface area contributed by atoms with E-state index >= 15 is 0 Å². The zero-order valence-electron chi connectivity index (χ0n) is 15.7. The average Bonchev–Trinajstić information content (AvgIpc) is 2.71. The monoisotopic (exact) mass is 493 g/mol. The van der Waals surface area contributed by atoms with E-state index in [1.54, 1.807) is 0 Å². The number of carbonyl (C=O) groups is 3. The third-order valence-corrected chi connectivity index (χ3v) is 4.38. The topological polar surface area (TPSA) is 128 Å².